The highest BCUT2D eigenvalue weighted by molar-refractivity contribution is 6.03. The summed E-state index contributed by atoms with van der Waals surface area (Å²) in [4.78, 5) is 17.5. The van der Waals surface area contributed by atoms with Gasteiger partial charge < -0.3 is 9.64 Å². The van der Waals surface area contributed by atoms with Gasteiger partial charge >= 0.3 is 6.09 Å². The van der Waals surface area contributed by atoms with Crippen molar-refractivity contribution in [1.29, 1.82) is 0 Å². The SMILES string of the molecule is CCN1/C(=C/C=C2\C=CC(/C=C/C3=[N+](CC)c4ccccc4C3(C)C)=C2N(C)C(=O)OC(C)(C)C)C(C)(C)c2ccccc21. The van der Waals surface area contributed by atoms with E-state index < -0.39 is 5.60 Å². The number of hydrogen-bond donors (Lipinski definition) is 0. The summed E-state index contributed by atoms with van der Waals surface area (Å²) in [5.74, 6) is 0. The molecule has 0 radical (unpaired) electrons. The zero-order valence-electron chi connectivity index (χ0n) is 28.2. The molecule has 0 fully saturated rings. The minimum absolute atomic E-state index is 0.140. The third-order valence-electron chi connectivity index (χ3n) is 9.06. The molecule has 0 saturated carbocycles. The van der Waals surface area contributed by atoms with Crippen molar-refractivity contribution in [3.05, 3.63) is 119 Å². The van der Waals surface area contributed by atoms with E-state index in [9.17, 15) is 4.79 Å². The molecule has 44 heavy (non-hydrogen) atoms. The van der Waals surface area contributed by atoms with Crippen LogP contribution in [0.1, 0.15) is 73.4 Å². The second kappa shape index (κ2) is 11.4. The van der Waals surface area contributed by atoms with Crippen molar-refractivity contribution in [2.24, 2.45) is 0 Å². The highest BCUT2D eigenvalue weighted by Gasteiger charge is 2.43. The molecule has 0 unspecified atom stereocenters. The van der Waals surface area contributed by atoms with Gasteiger partial charge in [0.2, 0.25) is 5.69 Å². The number of benzene rings is 2. The van der Waals surface area contributed by atoms with Gasteiger partial charge in [-0.3, -0.25) is 4.90 Å². The van der Waals surface area contributed by atoms with Gasteiger partial charge in [-0.15, -0.1) is 0 Å². The lowest BCUT2D eigenvalue weighted by atomic mass is 9.81. The van der Waals surface area contributed by atoms with Crippen molar-refractivity contribution >= 4 is 23.2 Å². The Hall–Kier alpha value is -4.12. The Balaban J connectivity index is 1.59. The predicted molar refractivity (Wildman–Crippen MR) is 183 cm³/mol. The lowest BCUT2D eigenvalue weighted by Crippen LogP contribution is -2.34. The van der Waals surface area contributed by atoms with E-state index in [0.29, 0.717) is 0 Å². The van der Waals surface area contributed by atoms with Crippen molar-refractivity contribution < 1.29 is 14.1 Å². The maximum Gasteiger partial charge on any atom is 0.414 e. The van der Waals surface area contributed by atoms with Gasteiger partial charge in [0.1, 0.15) is 12.1 Å². The molecule has 5 rings (SSSR count). The molecular formula is C39H48N3O2+. The number of carbonyl (C=O) groups is 1. The van der Waals surface area contributed by atoms with Crippen LogP contribution >= 0.6 is 0 Å². The highest BCUT2D eigenvalue weighted by Crippen LogP contribution is 2.47. The Morgan fingerprint density at radius 3 is 2.23 bits per heavy atom. The number of rotatable bonds is 6. The van der Waals surface area contributed by atoms with Crippen LogP contribution in [-0.4, -0.2) is 47.0 Å². The average Bonchev–Trinajstić information content (AvgIpc) is 3.54. The molecule has 2 heterocycles. The van der Waals surface area contributed by atoms with Crippen molar-refractivity contribution in [2.45, 2.75) is 78.7 Å². The smallest absolute Gasteiger partial charge is 0.414 e. The van der Waals surface area contributed by atoms with Crippen LogP contribution in [0.4, 0.5) is 16.2 Å². The molecule has 2 aromatic rings. The molecule has 0 atom stereocenters. The molecular weight excluding hydrogens is 542 g/mol. The summed E-state index contributed by atoms with van der Waals surface area (Å²) in [7, 11) is 1.81. The van der Waals surface area contributed by atoms with Crippen LogP contribution < -0.4 is 4.90 Å². The molecule has 1 amide bonds. The van der Waals surface area contributed by atoms with E-state index >= 15 is 0 Å². The van der Waals surface area contributed by atoms with Gasteiger partial charge in [0.25, 0.3) is 0 Å². The monoisotopic (exact) mass is 590 g/mol. The average molecular weight is 591 g/mol. The number of para-hydroxylation sites is 2. The quantitative estimate of drug-likeness (QED) is 0.315. The first-order valence-corrected chi connectivity index (χ1v) is 15.8. The fourth-order valence-electron chi connectivity index (χ4n) is 6.88. The molecule has 0 bridgehead atoms. The highest BCUT2D eigenvalue weighted by atomic mass is 16.6. The number of carbonyl (C=O) groups excluding carboxylic acids is 1. The van der Waals surface area contributed by atoms with E-state index in [1.54, 1.807) is 11.9 Å². The summed E-state index contributed by atoms with van der Waals surface area (Å²) in [5, 5.41) is 0. The Kier molecular flexibility index (Phi) is 8.13. The van der Waals surface area contributed by atoms with Crippen molar-refractivity contribution in [3.8, 4) is 0 Å². The molecule has 5 heteroatoms. The van der Waals surface area contributed by atoms with Gasteiger partial charge in [-0.2, -0.15) is 4.58 Å². The largest absolute Gasteiger partial charge is 0.443 e. The Bertz CT molecular complexity index is 1670. The number of hydrogen-bond acceptors (Lipinski definition) is 3. The first-order valence-electron chi connectivity index (χ1n) is 15.8. The molecule has 2 aromatic carbocycles. The van der Waals surface area contributed by atoms with Crippen molar-refractivity contribution in [3.63, 3.8) is 0 Å². The van der Waals surface area contributed by atoms with E-state index in [2.05, 4.69) is 136 Å². The number of nitrogens with zero attached hydrogens (tertiary/aromatic N) is 3. The van der Waals surface area contributed by atoms with Crippen LogP contribution in [0.3, 0.4) is 0 Å². The van der Waals surface area contributed by atoms with E-state index in [1.165, 1.54) is 33.9 Å². The number of fused-ring (bicyclic) bond motifs is 2. The van der Waals surface area contributed by atoms with Gasteiger partial charge in [-0.1, -0.05) is 68.5 Å². The maximum absolute atomic E-state index is 13.4. The normalized spacial score (nSPS) is 20.4. The Morgan fingerprint density at radius 1 is 0.909 bits per heavy atom. The molecule has 3 aliphatic rings. The van der Waals surface area contributed by atoms with Crippen LogP contribution in [0.2, 0.25) is 0 Å². The number of allylic oxidation sites excluding steroid dienone is 8. The number of amides is 1. The maximum atomic E-state index is 13.4. The van der Waals surface area contributed by atoms with Gasteiger partial charge in [-0.25, -0.2) is 4.79 Å². The molecule has 0 saturated heterocycles. The molecule has 0 spiro atoms. The molecule has 2 aliphatic heterocycles. The third-order valence-corrected chi connectivity index (χ3v) is 9.06. The summed E-state index contributed by atoms with van der Waals surface area (Å²) in [6.45, 7) is 21.0. The molecule has 0 aromatic heterocycles. The predicted octanol–water partition coefficient (Wildman–Crippen LogP) is 8.96. The van der Waals surface area contributed by atoms with Gasteiger partial charge in [0.15, 0.2) is 5.71 Å². The van der Waals surface area contributed by atoms with E-state index in [-0.39, 0.29) is 16.9 Å². The van der Waals surface area contributed by atoms with Gasteiger partial charge in [0.05, 0.1) is 11.1 Å². The van der Waals surface area contributed by atoms with Crippen LogP contribution in [0.25, 0.3) is 0 Å². The zero-order valence-corrected chi connectivity index (χ0v) is 28.2. The first-order chi connectivity index (χ1) is 20.7. The first kappa shape index (κ1) is 31.3. The topological polar surface area (TPSA) is 35.8 Å². The minimum Gasteiger partial charge on any atom is -0.443 e. The van der Waals surface area contributed by atoms with Crippen LogP contribution in [0.5, 0.6) is 0 Å². The minimum atomic E-state index is -0.599. The Labute approximate surface area is 264 Å². The second-order valence-corrected chi connectivity index (χ2v) is 13.8. The summed E-state index contributed by atoms with van der Waals surface area (Å²) in [6.07, 6.45) is 12.6. The van der Waals surface area contributed by atoms with Crippen molar-refractivity contribution in [2.75, 3.05) is 25.0 Å². The van der Waals surface area contributed by atoms with Crippen molar-refractivity contribution in [1.82, 2.24) is 4.90 Å². The van der Waals surface area contributed by atoms with E-state index in [1.807, 2.05) is 20.8 Å². The van der Waals surface area contributed by atoms with Gasteiger partial charge in [0, 0.05) is 48.1 Å². The molecule has 5 nitrogen and oxygen atoms in total. The fraction of sp³-hybridized carbons (Fsp3) is 0.385. The lowest BCUT2D eigenvalue weighted by molar-refractivity contribution is -0.433. The summed E-state index contributed by atoms with van der Waals surface area (Å²) in [5.41, 5.74) is 9.56. The number of likely N-dealkylation sites (N-methyl/N-ethyl adjacent to an activating group) is 2. The second-order valence-electron chi connectivity index (χ2n) is 13.8. The molecule has 230 valence electrons. The number of anilines is 1. The Morgan fingerprint density at radius 2 is 1.57 bits per heavy atom. The standard InChI is InChI=1S/C39H48N3O2/c1-11-41-31-19-15-13-17-29(31)38(6,7)33(41)25-23-27-21-22-28(35(27)40(10)36(43)44-37(3,4)5)24-26-34-39(8,9)30-18-14-16-20-32(30)42(34)12-2/h13-26H,11-12H2,1-10H3/q+1. The van der Waals surface area contributed by atoms with E-state index in [4.69, 9.17) is 4.74 Å². The number of ether oxygens (including phenoxy) is 1. The third kappa shape index (κ3) is 5.38. The summed E-state index contributed by atoms with van der Waals surface area (Å²) < 4.78 is 8.21. The van der Waals surface area contributed by atoms with Crippen LogP contribution in [0, 0.1) is 0 Å². The zero-order chi connectivity index (χ0) is 32.0. The van der Waals surface area contributed by atoms with Crippen LogP contribution in [0.15, 0.2) is 108 Å². The van der Waals surface area contributed by atoms with Crippen LogP contribution in [-0.2, 0) is 15.6 Å². The summed E-state index contributed by atoms with van der Waals surface area (Å²) >= 11 is 0. The molecule has 1 aliphatic carbocycles. The molecule has 0 N–H and O–H groups in total. The summed E-state index contributed by atoms with van der Waals surface area (Å²) in [6, 6.07) is 17.3. The lowest BCUT2D eigenvalue weighted by Gasteiger charge is -2.27. The van der Waals surface area contributed by atoms with E-state index in [0.717, 1.165) is 29.9 Å². The fourth-order valence-corrected chi connectivity index (χ4v) is 6.88. The van der Waals surface area contributed by atoms with Gasteiger partial charge in [-0.05, 0) is 83.4 Å².